The monoisotopic (exact) mass is 510 g/mol. The van der Waals surface area contributed by atoms with Gasteiger partial charge in [0.05, 0.1) is 5.69 Å². The van der Waals surface area contributed by atoms with E-state index in [-0.39, 0.29) is 12.8 Å². The zero-order valence-electron chi connectivity index (χ0n) is 19.4. The Labute approximate surface area is 211 Å². The summed E-state index contributed by atoms with van der Waals surface area (Å²) in [5.74, 6) is 4.11. The first kappa shape index (κ1) is 22.1. The third kappa shape index (κ3) is 4.03. The van der Waals surface area contributed by atoms with Crippen LogP contribution in [0.2, 0.25) is 0 Å². The van der Waals surface area contributed by atoms with Gasteiger partial charge < -0.3 is 9.47 Å². The molecule has 2 aliphatic rings. The van der Waals surface area contributed by atoms with E-state index in [0.717, 1.165) is 56.8 Å². The van der Waals surface area contributed by atoms with Crippen molar-refractivity contribution in [2.45, 2.75) is 57.0 Å². The highest BCUT2D eigenvalue weighted by atomic mass is 32.2. The lowest BCUT2D eigenvalue weighted by Gasteiger charge is -2.19. The molecule has 0 spiro atoms. The minimum absolute atomic E-state index is 0.282. The zero-order valence-corrected chi connectivity index (χ0v) is 21.9. The van der Waals surface area contributed by atoms with E-state index in [1.807, 2.05) is 29.5 Å². The van der Waals surface area contributed by atoms with E-state index in [1.54, 1.807) is 23.1 Å². The lowest BCUT2D eigenvalue weighted by Crippen LogP contribution is -2.10. The minimum Gasteiger partial charge on any atom is -0.454 e. The molecule has 3 aromatic heterocycles. The van der Waals surface area contributed by atoms with Gasteiger partial charge >= 0.3 is 0 Å². The SMILES string of the molecule is CC1CCc2c(-c3nnc(SCc4csc(-c5ccc6c(c5)OCO6)n4)n3C(C)C)csc2C1. The Kier molecular flexibility index (Phi) is 5.87. The zero-order chi connectivity index (χ0) is 23.2. The van der Waals surface area contributed by atoms with Crippen LogP contribution >= 0.6 is 34.4 Å². The van der Waals surface area contributed by atoms with Gasteiger partial charge in [0.15, 0.2) is 22.5 Å². The molecular weight excluding hydrogens is 485 g/mol. The highest BCUT2D eigenvalue weighted by Gasteiger charge is 2.25. The maximum atomic E-state index is 5.51. The van der Waals surface area contributed by atoms with E-state index in [0.29, 0.717) is 0 Å². The molecule has 4 heterocycles. The summed E-state index contributed by atoms with van der Waals surface area (Å²) in [4.78, 5) is 6.39. The van der Waals surface area contributed by atoms with Crippen LogP contribution in [0.1, 0.15) is 49.4 Å². The minimum atomic E-state index is 0.282. The number of thioether (sulfide) groups is 1. The molecule has 176 valence electrons. The molecule has 9 heteroatoms. The molecule has 0 fully saturated rings. The summed E-state index contributed by atoms with van der Waals surface area (Å²) in [6.45, 7) is 7.05. The van der Waals surface area contributed by atoms with Crippen LogP contribution < -0.4 is 9.47 Å². The average molecular weight is 511 g/mol. The maximum absolute atomic E-state index is 5.51. The van der Waals surface area contributed by atoms with Gasteiger partial charge in [-0.3, -0.25) is 4.57 Å². The standard InChI is InChI=1S/C25H26N4O2S3/c1-14(2)29-23(19-12-32-22-8-15(3)4-6-18(19)22)27-28-25(29)34-11-17-10-33-24(26-17)16-5-7-20-21(9-16)31-13-30-20/h5,7,9-10,12,14-15H,4,6,8,11,13H2,1-3H3. The van der Waals surface area contributed by atoms with Crippen LogP contribution in [0.25, 0.3) is 22.0 Å². The maximum Gasteiger partial charge on any atom is 0.231 e. The summed E-state index contributed by atoms with van der Waals surface area (Å²) in [5, 5.41) is 15.6. The molecule has 1 aromatic carbocycles. The van der Waals surface area contributed by atoms with Crippen molar-refractivity contribution in [1.29, 1.82) is 0 Å². The summed E-state index contributed by atoms with van der Waals surface area (Å²) >= 11 is 5.24. The third-order valence-corrected chi connectivity index (χ3v) is 9.31. The summed E-state index contributed by atoms with van der Waals surface area (Å²) in [7, 11) is 0. The van der Waals surface area contributed by atoms with Crippen LogP contribution in [0.5, 0.6) is 11.5 Å². The van der Waals surface area contributed by atoms with Gasteiger partial charge in [0, 0.05) is 38.6 Å². The number of fused-ring (bicyclic) bond motifs is 2. The first-order chi connectivity index (χ1) is 16.6. The van der Waals surface area contributed by atoms with E-state index in [9.17, 15) is 0 Å². The molecular formula is C25H26N4O2S3. The average Bonchev–Trinajstić information content (AvgIpc) is 3.62. The first-order valence-corrected chi connectivity index (χ1v) is 14.3. The highest BCUT2D eigenvalue weighted by molar-refractivity contribution is 7.98. The molecule has 1 aliphatic heterocycles. The molecule has 0 radical (unpaired) electrons. The number of hydrogen-bond acceptors (Lipinski definition) is 8. The second-order valence-electron chi connectivity index (χ2n) is 9.17. The molecule has 6 rings (SSSR count). The summed E-state index contributed by atoms with van der Waals surface area (Å²) in [6, 6.07) is 6.27. The van der Waals surface area contributed by atoms with Crippen molar-refractivity contribution in [3.8, 4) is 33.5 Å². The van der Waals surface area contributed by atoms with E-state index in [4.69, 9.17) is 14.5 Å². The number of hydrogen-bond donors (Lipinski definition) is 0. The van der Waals surface area contributed by atoms with Crippen LogP contribution in [0, 0.1) is 5.92 Å². The second-order valence-corrected chi connectivity index (χ2v) is 11.9. The van der Waals surface area contributed by atoms with Crippen molar-refractivity contribution in [2.24, 2.45) is 5.92 Å². The fraction of sp³-hybridized carbons (Fsp3) is 0.400. The number of rotatable bonds is 6. The van der Waals surface area contributed by atoms with Crippen LogP contribution in [-0.4, -0.2) is 26.5 Å². The fourth-order valence-electron chi connectivity index (χ4n) is 4.56. The Morgan fingerprint density at radius 1 is 1.15 bits per heavy atom. The Morgan fingerprint density at radius 2 is 2.03 bits per heavy atom. The molecule has 34 heavy (non-hydrogen) atoms. The number of thiophene rings is 1. The lowest BCUT2D eigenvalue weighted by atomic mass is 9.88. The van der Waals surface area contributed by atoms with Crippen molar-refractivity contribution in [2.75, 3.05) is 6.79 Å². The van der Waals surface area contributed by atoms with Gasteiger partial charge in [-0.2, -0.15) is 0 Å². The number of ether oxygens (including phenoxy) is 2. The number of nitrogens with zero attached hydrogens (tertiary/aromatic N) is 4. The van der Waals surface area contributed by atoms with Crippen molar-refractivity contribution in [3.63, 3.8) is 0 Å². The molecule has 1 atom stereocenters. The highest BCUT2D eigenvalue weighted by Crippen LogP contribution is 2.40. The van der Waals surface area contributed by atoms with Gasteiger partial charge in [-0.25, -0.2) is 4.98 Å². The molecule has 1 unspecified atom stereocenters. The Hall–Kier alpha value is -2.36. The smallest absolute Gasteiger partial charge is 0.231 e. The predicted octanol–water partition coefficient (Wildman–Crippen LogP) is 6.86. The lowest BCUT2D eigenvalue weighted by molar-refractivity contribution is 0.174. The number of benzene rings is 1. The Bertz CT molecular complexity index is 1340. The molecule has 0 saturated heterocycles. The molecule has 4 aromatic rings. The fourth-order valence-corrected chi connectivity index (χ4v) is 7.69. The van der Waals surface area contributed by atoms with Crippen LogP contribution in [0.3, 0.4) is 0 Å². The Balaban J connectivity index is 1.22. The molecule has 0 amide bonds. The van der Waals surface area contributed by atoms with Gasteiger partial charge in [0.25, 0.3) is 0 Å². The van der Waals surface area contributed by atoms with Crippen molar-refractivity contribution in [3.05, 3.63) is 45.1 Å². The summed E-state index contributed by atoms with van der Waals surface area (Å²) in [5.41, 5.74) is 4.86. The number of aromatic nitrogens is 4. The largest absolute Gasteiger partial charge is 0.454 e. The van der Waals surface area contributed by atoms with Crippen molar-refractivity contribution in [1.82, 2.24) is 19.7 Å². The van der Waals surface area contributed by atoms with E-state index in [2.05, 4.69) is 46.3 Å². The van der Waals surface area contributed by atoms with Gasteiger partial charge in [-0.1, -0.05) is 18.7 Å². The van der Waals surface area contributed by atoms with Crippen molar-refractivity contribution >= 4 is 34.4 Å². The molecule has 0 saturated carbocycles. The number of thiazole rings is 1. The Morgan fingerprint density at radius 3 is 2.91 bits per heavy atom. The summed E-state index contributed by atoms with van der Waals surface area (Å²) in [6.07, 6.45) is 3.58. The third-order valence-electron chi connectivity index (χ3n) is 6.34. The van der Waals surface area contributed by atoms with Crippen molar-refractivity contribution < 1.29 is 9.47 Å². The second kappa shape index (κ2) is 9.02. The van der Waals surface area contributed by atoms with Gasteiger partial charge in [-0.05, 0) is 62.8 Å². The normalized spacial score (nSPS) is 16.9. The van der Waals surface area contributed by atoms with Gasteiger partial charge in [0.1, 0.15) is 5.01 Å². The first-order valence-electron chi connectivity index (χ1n) is 11.6. The molecule has 0 bridgehead atoms. The predicted molar refractivity (Wildman–Crippen MR) is 138 cm³/mol. The van der Waals surface area contributed by atoms with Gasteiger partial charge in [-0.15, -0.1) is 32.9 Å². The van der Waals surface area contributed by atoms with E-state index < -0.39 is 0 Å². The molecule has 1 aliphatic carbocycles. The van der Waals surface area contributed by atoms with Gasteiger partial charge in [0.2, 0.25) is 6.79 Å². The van der Waals surface area contributed by atoms with Crippen LogP contribution in [-0.2, 0) is 18.6 Å². The quantitative estimate of drug-likeness (QED) is 0.264. The topological polar surface area (TPSA) is 62.1 Å². The van der Waals surface area contributed by atoms with E-state index in [1.165, 1.54) is 28.8 Å². The summed E-state index contributed by atoms with van der Waals surface area (Å²) < 4.78 is 13.2. The molecule has 6 nitrogen and oxygen atoms in total. The molecule has 0 N–H and O–H groups in total. The van der Waals surface area contributed by atoms with Crippen LogP contribution in [0.4, 0.5) is 0 Å². The van der Waals surface area contributed by atoms with E-state index >= 15 is 0 Å². The van der Waals surface area contributed by atoms with Crippen LogP contribution in [0.15, 0.2) is 34.1 Å².